The second-order valence-corrected chi connectivity index (χ2v) is 4.26. The molecule has 17 heavy (non-hydrogen) atoms. The molecule has 1 aromatic heterocycles. The van der Waals surface area contributed by atoms with E-state index in [1.807, 2.05) is 6.20 Å². The Balaban J connectivity index is 2.35. The summed E-state index contributed by atoms with van der Waals surface area (Å²) in [7, 11) is 1.66. The van der Waals surface area contributed by atoms with E-state index < -0.39 is 0 Å². The second-order valence-electron chi connectivity index (χ2n) is 4.26. The Hall–Kier alpha value is -1.39. The fourth-order valence-corrected chi connectivity index (χ4v) is 2.06. The highest BCUT2D eigenvalue weighted by molar-refractivity contribution is 5.82. The molecule has 2 aromatic rings. The maximum absolute atomic E-state index is 8.85. The minimum absolute atomic E-state index is 0.236. The smallest absolute Gasteiger partial charge is 0.138 e. The predicted molar refractivity (Wildman–Crippen MR) is 66.9 cm³/mol. The van der Waals surface area contributed by atoms with Crippen LogP contribution in [0.5, 0.6) is 0 Å². The van der Waals surface area contributed by atoms with Crippen LogP contribution in [0, 0.1) is 6.92 Å². The van der Waals surface area contributed by atoms with Crippen LogP contribution in [0.15, 0.2) is 18.3 Å². The number of aromatic nitrogens is 2. The van der Waals surface area contributed by atoms with E-state index in [1.54, 1.807) is 11.8 Å². The summed E-state index contributed by atoms with van der Waals surface area (Å²) in [6, 6.07) is 4.28. The number of methoxy groups -OCH3 is 1. The van der Waals surface area contributed by atoms with E-state index in [9.17, 15) is 0 Å². The molecule has 0 radical (unpaired) electrons. The molecule has 0 saturated heterocycles. The van der Waals surface area contributed by atoms with Crippen molar-refractivity contribution in [3.63, 3.8) is 0 Å². The first-order valence-corrected chi connectivity index (χ1v) is 5.81. The average molecular weight is 234 g/mol. The van der Waals surface area contributed by atoms with Crippen LogP contribution in [0.3, 0.4) is 0 Å². The number of aliphatic hydroxyl groups excluding tert-OH is 1. The van der Waals surface area contributed by atoms with Gasteiger partial charge in [0.1, 0.15) is 6.73 Å². The molecule has 0 aliphatic carbocycles. The van der Waals surface area contributed by atoms with E-state index in [-0.39, 0.29) is 6.61 Å². The minimum Gasteiger partial charge on any atom is -0.396 e. The quantitative estimate of drug-likeness (QED) is 0.859. The minimum atomic E-state index is 0.236. The number of nitrogens with zero attached hydrogens (tertiary/aromatic N) is 2. The summed E-state index contributed by atoms with van der Waals surface area (Å²) in [5, 5.41) is 14.5. The third kappa shape index (κ3) is 2.65. The van der Waals surface area contributed by atoms with E-state index >= 15 is 0 Å². The molecule has 0 fully saturated rings. The lowest BCUT2D eigenvalue weighted by Crippen LogP contribution is -1.99. The first kappa shape index (κ1) is 12.1. The van der Waals surface area contributed by atoms with Crippen LogP contribution in [0.25, 0.3) is 10.9 Å². The van der Waals surface area contributed by atoms with Gasteiger partial charge in [-0.1, -0.05) is 6.07 Å². The van der Waals surface area contributed by atoms with E-state index in [0.717, 1.165) is 23.7 Å². The van der Waals surface area contributed by atoms with Crippen molar-refractivity contribution < 1.29 is 9.84 Å². The zero-order valence-corrected chi connectivity index (χ0v) is 10.3. The third-order valence-electron chi connectivity index (χ3n) is 2.79. The first-order valence-electron chi connectivity index (χ1n) is 5.81. The van der Waals surface area contributed by atoms with Crippen LogP contribution in [0.1, 0.15) is 17.5 Å². The first-order chi connectivity index (χ1) is 8.24. The van der Waals surface area contributed by atoms with Crippen LogP contribution < -0.4 is 0 Å². The molecule has 1 aromatic carbocycles. The van der Waals surface area contributed by atoms with Crippen LogP contribution in [0.4, 0.5) is 0 Å². The van der Waals surface area contributed by atoms with Crippen molar-refractivity contribution in [1.82, 2.24) is 9.78 Å². The van der Waals surface area contributed by atoms with Crippen LogP contribution in [-0.4, -0.2) is 28.6 Å². The van der Waals surface area contributed by atoms with E-state index in [1.165, 1.54) is 11.1 Å². The average Bonchev–Trinajstić information content (AvgIpc) is 2.70. The zero-order valence-electron chi connectivity index (χ0n) is 10.3. The van der Waals surface area contributed by atoms with E-state index in [2.05, 4.69) is 24.2 Å². The number of hydrogen-bond donors (Lipinski definition) is 1. The van der Waals surface area contributed by atoms with E-state index in [0.29, 0.717) is 6.73 Å². The Morgan fingerprint density at radius 2 is 2.24 bits per heavy atom. The van der Waals surface area contributed by atoms with E-state index in [4.69, 9.17) is 9.84 Å². The van der Waals surface area contributed by atoms with Crippen molar-refractivity contribution in [1.29, 1.82) is 0 Å². The molecule has 0 aliphatic rings. The predicted octanol–water partition coefficient (Wildman–Crippen LogP) is 1.87. The molecule has 0 aliphatic heterocycles. The number of hydrogen-bond acceptors (Lipinski definition) is 3. The van der Waals surface area contributed by atoms with Crippen LogP contribution in [0.2, 0.25) is 0 Å². The summed E-state index contributed by atoms with van der Waals surface area (Å²) < 4.78 is 6.86. The Labute approximate surface area is 101 Å². The highest BCUT2D eigenvalue weighted by Gasteiger charge is 2.05. The molecule has 0 saturated carbocycles. The fraction of sp³-hybridized carbons (Fsp3) is 0.462. The number of aryl methyl sites for hydroxylation is 2. The molecule has 4 nitrogen and oxygen atoms in total. The third-order valence-corrected chi connectivity index (χ3v) is 2.79. The van der Waals surface area contributed by atoms with Gasteiger partial charge in [0.05, 0.1) is 5.52 Å². The molecule has 0 atom stereocenters. The Bertz CT molecular complexity index is 505. The standard InChI is InChI=1S/C13H18N2O2/c1-10-6-11(4-3-5-16)7-12-8-15(9-17-2)14-13(10)12/h6-8,16H,3-5,9H2,1-2H3. The van der Waals surface area contributed by atoms with Crippen LogP contribution in [-0.2, 0) is 17.9 Å². The molecular weight excluding hydrogens is 216 g/mol. The molecule has 1 N–H and O–H groups in total. The van der Waals surface area contributed by atoms with Gasteiger partial charge >= 0.3 is 0 Å². The number of rotatable bonds is 5. The highest BCUT2D eigenvalue weighted by Crippen LogP contribution is 2.20. The van der Waals surface area contributed by atoms with Gasteiger partial charge in [-0.3, -0.25) is 0 Å². The molecule has 0 spiro atoms. The summed E-state index contributed by atoms with van der Waals surface area (Å²) in [5.74, 6) is 0. The molecule has 0 amide bonds. The lowest BCUT2D eigenvalue weighted by molar-refractivity contribution is 0.121. The molecule has 0 bridgehead atoms. The van der Waals surface area contributed by atoms with Gasteiger partial charge in [-0.05, 0) is 37.0 Å². The van der Waals surface area contributed by atoms with Crippen molar-refractivity contribution in [2.75, 3.05) is 13.7 Å². The summed E-state index contributed by atoms with van der Waals surface area (Å²) >= 11 is 0. The summed E-state index contributed by atoms with van der Waals surface area (Å²) in [6.45, 7) is 2.77. The van der Waals surface area contributed by atoms with Gasteiger partial charge in [0, 0.05) is 25.3 Å². The topological polar surface area (TPSA) is 47.3 Å². The number of ether oxygens (including phenoxy) is 1. The van der Waals surface area contributed by atoms with Gasteiger partial charge < -0.3 is 9.84 Å². The fourth-order valence-electron chi connectivity index (χ4n) is 2.06. The number of benzene rings is 1. The van der Waals surface area contributed by atoms with Gasteiger partial charge in [0.25, 0.3) is 0 Å². The molecular formula is C13H18N2O2. The highest BCUT2D eigenvalue weighted by atomic mass is 16.5. The summed E-state index contributed by atoms with van der Waals surface area (Å²) in [4.78, 5) is 0. The lowest BCUT2D eigenvalue weighted by atomic mass is 10.0. The van der Waals surface area contributed by atoms with Crippen molar-refractivity contribution in [2.45, 2.75) is 26.5 Å². The largest absolute Gasteiger partial charge is 0.396 e. The Morgan fingerprint density at radius 3 is 2.94 bits per heavy atom. The molecule has 0 unspecified atom stereocenters. The Kier molecular flexibility index (Phi) is 3.76. The molecule has 2 rings (SSSR count). The number of fused-ring (bicyclic) bond motifs is 1. The monoisotopic (exact) mass is 234 g/mol. The van der Waals surface area contributed by atoms with Gasteiger partial charge in [-0.2, -0.15) is 5.10 Å². The van der Waals surface area contributed by atoms with Crippen molar-refractivity contribution in [2.24, 2.45) is 0 Å². The molecule has 92 valence electrons. The van der Waals surface area contributed by atoms with Gasteiger partial charge in [-0.15, -0.1) is 0 Å². The van der Waals surface area contributed by atoms with Crippen molar-refractivity contribution >= 4 is 10.9 Å². The maximum atomic E-state index is 8.85. The van der Waals surface area contributed by atoms with Gasteiger partial charge in [0.15, 0.2) is 0 Å². The van der Waals surface area contributed by atoms with Crippen molar-refractivity contribution in [3.05, 3.63) is 29.5 Å². The molecule has 4 heteroatoms. The SMILES string of the molecule is COCn1cc2cc(CCCO)cc(C)c2n1. The molecule has 1 heterocycles. The van der Waals surface area contributed by atoms with Gasteiger partial charge in [0.2, 0.25) is 0 Å². The maximum Gasteiger partial charge on any atom is 0.138 e. The van der Waals surface area contributed by atoms with Crippen LogP contribution >= 0.6 is 0 Å². The lowest BCUT2D eigenvalue weighted by Gasteiger charge is -2.02. The Morgan fingerprint density at radius 1 is 1.41 bits per heavy atom. The van der Waals surface area contributed by atoms with Crippen molar-refractivity contribution in [3.8, 4) is 0 Å². The zero-order chi connectivity index (χ0) is 12.3. The summed E-state index contributed by atoms with van der Waals surface area (Å²) in [6.07, 6.45) is 3.70. The second kappa shape index (κ2) is 5.29. The van der Waals surface area contributed by atoms with Gasteiger partial charge in [-0.25, -0.2) is 4.68 Å². The summed E-state index contributed by atoms with van der Waals surface area (Å²) in [5.41, 5.74) is 3.45. The normalized spacial score (nSPS) is 11.2. The number of aliphatic hydroxyl groups is 1.